The standard InChI is InChI=1S/C15H13N3OS/c1-10(14-7-4-8-20-14)17-18-15(19)12-9-16-13-6-3-2-5-11(12)13/h2-9,16-17H,1H2,(H,18,19). The molecule has 1 amide bonds. The van der Waals surface area contributed by atoms with Crippen molar-refractivity contribution in [2.45, 2.75) is 0 Å². The van der Waals surface area contributed by atoms with Gasteiger partial charge in [-0.15, -0.1) is 11.3 Å². The number of hydrogen-bond acceptors (Lipinski definition) is 3. The van der Waals surface area contributed by atoms with Crippen molar-refractivity contribution in [3.8, 4) is 0 Å². The fraction of sp³-hybridized carbons (Fsp3) is 0. The van der Waals surface area contributed by atoms with Crippen molar-refractivity contribution >= 4 is 33.8 Å². The number of benzene rings is 1. The van der Waals surface area contributed by atoms with Gasteiger partial charge in [-0.25, -0.2) is 0 Å². The molecule has 5 heteroatoms. The zero-order valence-corrected chi connectivity index (χ0v) is 11.5. The fourth-order valence-electron chi connectivity index (χ4n) is 1.97. The second-order valence-electron chi connectivity index (χ2n) is 4.28. The summed E-state index contributed by atoms with van der Waals surface area (Å²) in [7, 11) is 0. The quantitative estimate of drug-likeness (QED) is 0.644. The van der Waals surface area contributed by atoms with Crippen LogP contribution in [-0.2, 0) is 0 Å². The number of carbonyl (C=O) groups is 1. The molecule has 0 bridgehead atoms. The van der Waals surface area contributed by atoms with E-state index in [-0.39, 0.29) is 5.91 Å². The summed E-state index contributed by atoms with van der Waals surface area (Å²) in [6.45, 7) is 3.89. The topological polar surface area (TPSA) is 56.9 Å². The first-order valence-corrected chi connectivity index (χ1v) is 6.99. The normalized spacial score (nSPS) is 10.4. The first-order chi connectivity index (χ1) is 9.75. The SMILES string of the molecule is C=C(NNC(=O)c1c[nH]c2ccccc12)c1cccs1. The number of hydrazine groups is 1. The van der Waals surface area contributed by atoms with Gasteiger partial charge in [0.15, 0.2) is 0 Å². The Labute approximate surface area is 120 Å². The summed E-state index contributed by atoms with van der Waals surface area (Å²) < 4.78 is 0. The molecule has 0 saturated heterocycles. The third kappa shape index (κ3) is 2.31. The average molecular weight is 283 g/mol. The molecule has 0 radical (unpaired) electrons. The van der Waals surface area contributed by atoms with Crippen LogP contribution in [0, 0.1) is 0 Å². The lowest BCUT2D eigenvalue weighted by Gasteiger charge is -2.09. The highest BCUT2D eigenvalue weighted by molar-refractivity contribution is 7.11. The Morgan fingerprint density at radius 2 is 2.00 bits per heavy atom. The number of thiophene rings is 1. The van der Waals surface area contributed by atoms with E-state index < -0.39 is 0 Å². The van der Waals surface area contributed by atoms with Crippen LogP contribution in [0.2, 0.25) is 0 Å². The maximum Gasteiger partial charge on any atom is 0.271 e. The minimum absolute atomic E-state index is 0.194. The second-order valence-corrected chi connectivity index (χ2v) is 5.23. The van der Waals surface area contributed by atoms with Crippen molar-refractivity contribution in [2.75, 3.05) is 0 Å². The molecule has 0 aliphatic rings. The van der Waals surface area contributed by atoms with E-state index in [0.717, 1.165) is 15.8 Å². The number of hydrogen-bond donors (Lipinski definition) is 3. The number of carbonyl (C=O) groups excluding carboxylic acids is 1. The highest BCUT2D eigenvalue weighted by atomic mass is 32.1. The zero-order valence-electron chi connectivity index (χ0n) is 10.6. The molecule has 0 spiro atoms. The van der Waals surface area contributed by atoms with Gasteiger partial charge in [-0.3, -0.25) is 15.6 Å². The molecule has 2 heterocycles. The smallest absolute Gasteiger partial charge is 0.271 e. The summed E-state index contributed by atoms with van der Waals surface area (Å²) in [5.74, 6) is -0.194. The number of amides is 1. The average Bonchev–Trinajstić information content (AvgIpc) is 3.13. The summed E-state index contributed by atoms with van der Waals surface area (Å²) in [5, 5.41) is 2.86. The van der Waals surface area contributed by atoms with Gasteiger partial charge < -0.3 is 4.98 Å². The lowest BCUT2D eigenvalue weighted by Crippen LogP contribution is -2.35. The van der Waals surface area contributed by atoms with Crippen molar-refractivity contribution in [3.63, 3.8) is 0 Å². The van der Waals surface area contributed by atoms with Crippen LogP contribution >= 0.6 is 11.3 Å². The van der Waals surface area contributed by atoms with Crippen LogP contribution in [0.15, 0.2) is 54.6 Å². The van der Waals surface area contributed by atoms with Crippen LogP contribution < -0.4 is 10.9 Å². The predicted octanol–water partition coefficient (Wildman–Crippen LogP) is 3.13. The van der Waals surface area contributed by atoms with Gasteiger partial charge in [0.25, 0.3) is 5.91 Å². The fourth-order valence-corrected chi connectivity index (χ4v) is 2.62. The summed E-state index contributed by atoms with van der Waals surface area (Å²) >= 11 is 1.56. The van der Waals surface area contributed by atoms with E-state index in [1.807, 2.05) is 41.8 Å². The zero-order chi connectivity index (χ0) is 13.9. The Morgan fingerprint density at radius 1 is 1.15 bits per heavy atom. The Bertz CT molecular complexity index is 758. The molecular formula is C15H13N3OS. The molecule has 2 aromatic heterocycles. The highest BCUT2D eigenvalue weighted by Crippen LogP contribution is 2.18. The lowest BCUT2D eigenvalue weighted by molar-refractivity contribution is 0.0944. The van der Waals surface area contributed by atoms with Crippen molar-refractivity contribution in [1.29, 1.82) is 0 Å². The number of nitrogens with one attached hydrogen (secondary N) is 3. The minimum Gasteiger partial charge on any atom is -0.360 e. The van der Waals surface area contributed by atoms with Gasteiger partial charge in [0.05, 0.1) is 16.1 Å². The third-order valence-electron chi connectivity index (χ3n) is 2.98. The van der Waals surface area contributed by atoms with Gasteiger partial charge in [-0.2, -0.15) is 0 Å². The molecule has 3 aromatic rings. The van der Waals surface area contributed by atoms with Gasteiger partial charge >= 0.3 is 0 Å². The van der Waals surface area contributed by atoms with Crippen LogP contribution in [0.4, 0.5) is 0 Å². The molecule has 3 N–H and O–H groups in total. The van der Waals surface area contributed by atoms with E-state index >= 15 is 0 Å². The van der Waals surface area contributed by atoms with Gasteiger partial charge in [0.2, 0.25) is 0 Å². The minimum atomic E-state index is -0.194. The lowest BCUT2D eigenvalue weighted by atomic mass is 10.2. The third-order valence-corrected chi connectivity index (χ3v) is 3.91. The van der Waals surface area contributed by atoms with Crippen LogP contribution in [0.5, 0.6) is 0 Å². The summed E-state index contributed by atoms with van der Waals surface area (Å²) in [6.07, 6.45) is 1.70. The first kappa shape index (κ1) is 12.5. The Morgan fingerprint density at radius 3 is 2.80 bits per heavy atom. The molecular weight excluding hydrogens is 270 g/mol. The summed E-state index contributed by atoms with van der Waals surface area (Å²) in [5.41, 5.74) is 7.72. The predicted molar refractivity (Wildman–Crippen MR) is 82.3 cm³/mol. The van der Waals surface area contributed by atoms with E-state index in [9.17, 15) is 4.79 Å². The van der Waals surface area contributed by atoms with E-state index in [1.165, 1.54) is 0 Å². The molecule has 100 valence electrons. The number of para-hydroxylation sites is 1. The van der Waals surface area contributed by atoms with Crippen molar-refractivity contribution in [2.24, 2.45) is 0 Å². The number of H-pyrrole nitrogens is 1. The van der Waals surface area contributed by atoms with E-state index in [0.29, 0.717) is 11.3 Å². The molecule has 1 aromatic carbocycles. The summed E-state index contributed by atoms with van der Waals surface area (Å²) in [6, 6.07) is 11.6. The number of aromatic nitrogens is 1. The van der Waals surface area contributed by atoms with Gasteiger partial charge in [-0.1, -0.05) is 30.8 Å². The van der Waals surface area contributed by atoms with E-state index in [1.54, 1.807) is 17.5 Å². The van der Waals surface area contributed by atoms with E-state index in [2.05, 4.69) is 22.4 Å². The molecule has 0 atom stereocenters. The molecule has 4 nitrogen and oxygen atoms in total. The van der Waals surface area contributed by atoms with Gasteiger partial charge in [0, 0.05) is 17.1 Å². The Hall–Kier alpha value is -2.53. The highest BCUT2D eigenvalue weighted by Gasteiger charge is 2.11. The summed E-state index contributed by atoms with van der Waals surface area (Å²) in [4.78, 5) is 16.2. The maximum atomic E-state index is 12.2. The van der Waals surface area contributed by atoms with Crippen molar-refractivity contribution < 1.29 is 4.79 Å². The van der Waals surface area contributed by atoms with Crippen molar-refractivity contribution in [3.05, 3.63) is 65.0 Å². The number of fused-ring (bicyclic) bond motifs is 1. The number of rotatable bonds is 4. The van der Waals surface area contributed by atoms with Gasteiger partial charge in [0.1, 0.15) is 0 Å². The molecule has 3 rings (SSSR count). The van der Waals surface area contributed by atoms with Crippen LogP contribution in [0.3, 0.4) is 0 Å². The van der Waals surface area contributed by atoms with Crippen LogP contribution in [-0.4, -0.2) is 10.9 Å². The van der Waals surface area contributed by atoms with Crippen LogP contribution in [0.25, 0.3) is 16.6 Å². The largest absolute Gasteiger partial charge is 0.360 e. The Kier molecular flexibility index (Phi) is 3.26. The second kappa shape index (κ2) is 5.22. The monoisotopic (exact) mass is 283 g/mol. The number of aromatic amines is 1. The molecule has 0 unspecified atom stereocenters. The van der Waals surface area contributed by atoms with Crippen LogP contribution in [0.1, 0.15) is 15.2 Å². The van der Waals surface area contributed by atoms with Gasteiger partial charge in [-0.05, 0) is 17.5 Å². The van der Waals surface area contributed by atoms with E-state index in [4.69, 9.17) is 0 Å². The Balaban J connectivity index is 1.72. The van der Waals surface area contributed by atoms with Crippen molar-refractivity contribution in [1.82, 2.24) is 15.8 Å². The molecule has 0 aliphatic heterocycles. The molecule has 0 saturated carbocycles. The maximum absolute atomic E-state index is 12.2. The molecule has 0 aliphatic carbocycles. The first-order valence-electron chi connectivity index (χ1n) is 6.11. The molecule has 20 heavy (non-hydrogen) atoms. The molecule has 0 fully saturated rings.